The molecule has 2 atom stereocenters. The Morgan fingerprint density at radius 3 is 2.14 bits per heavy atom. The van der Waals surface area contributed by atoms with Gasteiger partial charge in [0.25, 0.3) is 0 Å². The van der Waals surface area contributed by atoms with Crippen molar-refractivity contribution in [3.8, 4) is 0 Å². The normalized spacial score (nSPS) is 32.6. The molecular weight excluding hydrogens is 168 g/mol. The maximum atomic E-state index is 2.45. The van der Waals surface area contributed by atoms with Crippen LogP contribution in [0.2, 0.25) is 0 Å². The minimum absolute atomic E-state index is 0.346. The van der Waals surface area contributed by atoms with E-state index >= 15 is 0 Å². The molecule has 1 aliphatic rings. The maximum Gasteiger partial charge on any atom is -0.00600 e. The fraction of sp³-hybridized carbons (Fsp3) is 0.714. The third kappa shape index (κ3) is 1.94. The minimum atomic E-state index is 0.346. The highest BCUT2D eigenvalue weighted by atomic mass is 14.4. The van der Waals surface area contributed by atoms with Crippen LogP contribution in [0.25, 0.3) is 0 Å². The average molecular weight is 192 g/mol. The molecule has 1 rings (SSSR count). The molecule has 0 saturated heterocycles. The van der Waals surface area contributed by atoms with Crippen LogP contribution in [0, 0.1) is 23.2 Å². The zero-order valence-electron chi connectivity index (χ0n) is 10.5. The van der Waals surface area contributed by atoms with Crippen molar-refractivity contribution in [2.24, 2.45) is 23.2 Å². The second-order valence-corrected chi connectivity index (χ2v) is 5.46. The first kappa shape index (κ1) is 11.6. The molecule has 0 radical (unpaired) electrons. The Balaban J connectivity index is 2.91. The van der Waals surface area contributed by atoms with Gasteiger partial charge in [-0.3, -0.25) is 0 Å². The molecule has 0 aromatic rings. The van der Waals surface area contributed by atoms with Crippen LogP contribution in [-0.4, -0.2) is 0 Å². The molecule has 0 bridgehead atoms. The van der Waals surface area contributed by atoms with Crippen molar-refractivity contribution in [1.29, 1.82) is 0 Å². The van der Waals surface area contributed by atoms with Crippen LogP contribution in [-0.2, 0) is 0 Å². The highest BCUT2D eigenvalue weighted by Crippen LogP contribution is 2.41. The highest BCUT2D eigenvalue weighted by molar-refractivity contribution is 5.29. The SMILES string of the molecule is CC(C)C1=CC(C)C(C)(C(C)C)C=C1. The molecule has 0 amide bonds. The van der Waals surface area contributed by atoms with Gasteiger partial charge in [-0.1, -0.05) is 59.8 Å². The van der Waals surface area contributed by atoms with E-state index in [-0.39, 0.29) is 0 Å². The van der Waals surface area contributed by atoms with Crippen LogP contribution >= 0.6 is 0 Å². The number of rotatable bonds is 2. The van der Waals surface area contributed by atoms with Gasteiger partial charge in [-0.15, -0.1) is 0 Å². The third-order valence-electron chi connectivity index (χ3n) is 3.97. The summed E-state index contributed by atoms with van der Waals surface area (Å²) in [6.45, 7) is 13.9. The Kier molecular flexibility index (Phi) is 3.24. The van der Waals surface area contributed by atoms with Crippen molar-refractivity contribution in [3.05, 3.63) is 23.8 Å². The zero-order chi connectivity index (χ0) is 10.9. The molecular formula is C14H24. The molecule has 0 heterocycles. The summed E-state index contributed by atoms with van der Waals surface area (Å²) in [4.78, 5) is 0. The summed E-state index contributed by atoms with van der Waals surface area (Å²) in [5, 5.41) is 0. The molecule has 2 unspecified atom stereocenters. The molecule has 0 saturated carbocycles. The van der Waals surface area contributed by atoms with Gasteiger partial charge in [-0.2, -0.15) is 0 Å². The van der Waals surface area contributed by atoms with E-state index in [1.807, 2.05) is 0 Å². The van der Waals surface area contributed by atoms with Crippen LogP contribution in [0.3, 0.4) is 0 Å². The predicted octanol–water partition coefficient (Wildman–Crippen LogP) is 4.44. The van der Waals surface area contributed by atoms with Gasteiger partial charge >= 0.3 is 0 Å². The van der Waals surface area contributed by atoms with Crippen LogP contribution in [0.5, 0.6) is 0 Å². The molecule has 14 heavy (non-hydrogen) atoms. The Labute approximate surface area is 89.1 Å². The van der Waals surface area contributed by atoms with Crippen LogP contribution in [0.1, 0.15) is 41.5 Å². The fourth-order valence-corrected chi connectivity index (χ4v) is 2.05. The van der Waals surface area contributed by atoms with Crippen LogP contribution < -0.4 is 0 Å². The monoisotopic (exact) mass is 192 g/mol. The molecule has 80 valence electrons. The second kappa shape index (κ2) is 3.92. The lowest BCUT2D eigenvalue weighted by molar-refractivity contribution is 0.224. The van der Waals surface area contributed by atoms with E-state index in [2.05, 4.69) is 59.8 Å². The summed E-state index contributed by atoms with van der Waals surface area (Å²) >= 11 is 0. The first-order chi connectivity index (χ1) is 6.38. The van der Waals surface area contributed by atoms with E-state index in [0.717, 1.165) is 0 Å². The van der Waals surface area contributed by atoms with E-state index in [1.54, 1.807) is 0 Å². The fourth-order valence-electron chi connectivity index (χ4n) is 2.05. The van der Waals surface area contributed by atoms with Crippen molar-refractivity contribution in [3.63, 3.8) is 0 Å². The molecule has 0 N–H and O–H groups in total. The van der Waals surface area contributed by atoms with Crippen molar-refractivity contribution in [1.82, 2.24) is 0 Å². The smallest absolute Gasteiger partial charge is 0.00600 e. The third-order valence-corrected chi connectivity index (χ3v) is 3.97. The van der Waals surface area contributed by atoms with Gasteiger partial charge < -0.3 is 0 Å². The van der Waals surface area contributed by atoms with Crippen molar-refractivity contribution in [2.45, 2.75) is 41.5 Å². The van der Waals surface area contributed by atoms with E-state index in [1.165, 1.54) is 5.57 Å². The average Bonchev–Trinajstić information content (AvgIpc) is 2.09. The van der Waals surface area contributed by atoms with Gasteiger partial charge in [0.2, 0.25) is 0 Å². The van der Waals surface area contributed by atoms with E-state index < -0.39 is 0 Å². The second-order valence-electron chi connectivity index (χ2n) is 5.46. The molecule has 0 heteroatoms. The lowest BCUT2D eigenvalue weighted by Crippen LogP contribution is -2.30. The van der Waals surface area contributed by atoms with Gasteiger partial charge in [0.1, 0.15) is 0 Å². The van der Waals surface area contributed by atoms with Gasteiger partial charge in [-0.25, -0.2) is 0 Å². The zero-order valence-corrected chi connectivity index (χ0v) is 10.5. The summed E-state index contributed by atoms with van der Waals surface area (Å²) in [5.41, 5.74) is 1.84. The molecule has 0 fully saturated rings. The molecule has 0 aromatic carbocycles. The predicted molar refractivity (Wildman–Crippen MR) is 64.2 cm³/mol. The molecule has 1 aliphatic carbocycles. The van der Waals surface area contributed by atoms with Gasteiger partial charge in [0.15, 0.2) is 0 Å². The van der Waals surface area contributed by atoms with Crippen molar-refractivity contribution >= 4 is 0 Å². The Morgan fingerprint density at radius 1 is 1.21 bits per heavy atom. The Bertz CT molecular complexity index is 255. The summed E-state index contributed by atoms with van der Waals surface area (Å²) < 4.78 is 0. The van der Waals surface area contributed by atoms with E-state index in [0.29, 0.717) is 23.2 Å². The standard InChI is InChI=1S/C14H24/c1-10(2)13-7-8-14(6,11(3)4)12(5)9-13/h7-12H,1-6H3. The lowest BCUT2D eigenvalue weighted by atomic mass is 9.66. The van der Waals surface area contributed by atoms with Crippen molar-refractivity contribution in [2.75, 3.05) is 0 Å². The number of hydrogen-bond acceptors (Lipinski definition) is 0. The van der Waals surface area contributed by atoms with Gasteiger partial charge in [0, 0.05) is 0 Å². The summed E-state index contributed by atoms with van der Waals surface area (Å²) in [5.74, 6) is 2.02. The van der Waals surface area contributed by atoms with Gasteiger partial charge in [-0.05, 0) is 28.7 Å². The van der Waals surface area contributed by atoms with Crippen LogP contribution in [0.15, 0.2) is 23.8 Å². The number of allylic oxidation sites excluding steroid dienone is 4. The summed E-state index contributed by atoms with van der Waals surface area (Å²) in [6, 6.07) is 0. The van der Waals surface area contributed by atoms with E-state index in [4.69, 9.17) is 0 Å². The topological polar surface area (TPSA) is 0 Å². The molecule has 0 spiro atoms. The summed E-state index contributed by atoms with van der Waals surface area (Å²) in [6.07, 6.45) is 7.19. The van der Waals surface area contributed by atoms with Crippen LogP contribution in [0.4, 0.5) is 0 Å². The quantitative estimate of drug-likeness (QED) is 0.607. The largest absolute Gasteiger partial charge is 0.0775 e. The summed E-state index contributed by atoms with van der Waals surface area (Å²) in [7, 11) is 0. The van der Waals surface area contributed by atoms with E-state index in [9.17, 15) is 0 Å². The molecule has 0 aliphatic heterocycles. The first-order valence-corrected chi connectivity index (χ1v) is 5.79. The number of hydrogen-bond donors (Lipinski definition) is 0. The minimum Gasteiger partial charge on any atom is -0.0775 e. The lowest BCUT2D eigenvalue weighted by Gasteiger charge is -2.38. The molecule has 0 aromatic heterocycles. The van der Waals surface area contributed by atoms with Gasteiger partial charge in [0.05, 0.1) is 0 Å². The Hall–Kier alpha value is -0.520. The van der Waals surface area contributed by atoms with Crippen molar-refractivity contribution < 1.29 is 0 Å². The Morgan fingerprint density at radius 2 is 1.79 bits per heavy atom. The highest BCUT2D eigenvalue weighted by Gasteiger charge is 2.32. The molecule has 0 nitrogen and oxygen atoms in total. The first-order valence-electron chi connectivity index (χ1n) is 5.79. The maximum absolute atomic E-state index is 2.45.